The lowest BCUT2D eigenvalue weighted by Crippen LogP contribution is -2.31. The van der Waals surface area contributed by atoms with Crippen LogP contribution >= 0.6 is 0 Å². The highest BCUT2D eigenvalue weighted by Crippen LogP contribution is 2.34. The van der Waals surface area contributed by atoms with Crippen LogP contribution in [0.3, 0.4) is 0 Å². The maximum absolute atomic E-state index is 6.23. The van der Waals surface area contributed by atoms with E-state index in [1.165, 1.54) is 0 Å². The molecule has 0 amide bonds. The number of pyridine rings is 1. The zero-order valence-corrected chi connectivity index (χ0v) is 14.2. The van der Waals surface area contributed by atoms with E-state index in [1.54, 1.807) is 0 Å². The minimum absolute atomic E-state index is 0.247. The molecule has 1 saturated carbocycles. The highest BCUT2D eigenvalue weighted by Gasteiger charge is 2.20. The first-order chi connectivity index (χ1) is 12.2. The Morgan fingerprint density at radius 3 is 2.44 bits per heavy atom. The van der Waals surface area contributed by atoms with Gasteiger partial charge in [-0.15, -0.1) is 0 Å². The molecule has 4 heteroatoms. The Bertz CT molecular complexity index is 871. The van der Waals surface area contributed by atoms with E-state index in [4.69, 9.17) is 16.2 Å². The lowest BCUT2D eigenvalue weighted by Gasteiger charge is -2.27. The summed E-state index contributed by atoms with van der Waals surface area (Å²) >= 11 is 0. The second-order valence-corrected chi connectivity index (χ2v) is 6.79. The predicted molar refractivity (Wildman–Crippen MR) is 102 cm³/mol. The summed E-state index contributed by atoms with van der Waals surface area (Å²) < 4.78 is 6.23. The van der Waals surface area contributed by atoms with Gasteiger partial charge in [0.2, 0.25) is 0 Å². The summed E-state index contributed by atoms with van der Waals surface area (Å²) in [5.74, 6) is 1.43. The third-order valence-corrected chi connectivity index (χ3v) is 5.00. The van der Waals surface area contributed by atoms with Crippen LogP contribution in [0.15, 0.2) is 54.7 Å². The van der Waals surface area contributed by atoms with Crippen LogP contribution in [0.2, 0.25) is 0 Å². The lowest BCUT2D eigenvalue weighted by molar-refractivity contribution is 0.147. The Balaban J connectivity index is 1.71. The summed E-state index contributed by atoms with van der Waals surface area (Å²) in [5.41, 5.74) is 14.3. The molecule has 0 spiro atoms. The predicted octanol–water partition coefficient (Wildman–Crippen LogP) is 4.13. The number of nitrogens with zero attached hydrogens (tertiary/aromatic N) is 1. The van der Waals surface area contributed by atoms with Gasteiger partial charge in [0.25, 0.3) is 0 Å². The maximum atomic E-state index is 6.23. The summed E-state index contributed by atoms with van der Waals surface area (Å²) in [6.07, 6.45) is 6.19. The van der Waals surface area contributed by atoms with Crippen molar-refractivity contribution in [2.45, 2.75) is 37.8 Å². The number of hydrogen-bond donors (Lipinski definition) is 2. The van der Waals surface area contributed by atoms with Gasteiger partial charge in [0.1, 0.15) is 11.6 Å². The van der Waals surface area contributed by atoms with Gasteiger partial charge in [-0.2, -0.15) is 0 Å². The van der Waals surface area contributed by atoms with Crippen LogP contribution in [0.25, 0.3) is 21.9 Å². The van der Waals surface area contributed by atoms with Gasteiger partial charge >= 0.3 is 0 Å². The molecular weight excluding hydrogens is 310 g/mol. The Hall–Kier alpha value is -2.59. The number of fused-ring (bicyclic) bond motifs is 1. The Morgan fingerprint density at radius 1 is 0.920 bits per heavy atom. The number of nitrogens with two attached hydrogens (primary N) is 2. The van der Waals surface area contributed by atoms with E-state index in [1.807, 2.05) is 36.5 Å². The quantitative estimate of drug-likeness (QED) is 0.755. The van der Waals surface area contributed by atoms with Gasteiger partial charge in [0.15, 0.2) is 0 Å². The molecule has 0 radical (unpaired) electrons. The van der Waals surface area contributed by atoms with Crippen LogP contribution in [0.1, 0.15) is 25.7 Å². The minimum atomic E-state index is 0.247. The van der Waals surface area contributed by atoms with E-state index < -0.39 is 0 Å². The van der Waals surface area contributed by atoms with Crippen molar-refractivity contribution in [3.8, 4) is 16.9 Å². The fourth-order valence-electron chi connectivity index (χ4n) is 3.56. The normalized spacial score (nSPS) is 20.5. The maximum Gasteiger partial charge on any atom is 0.131 e. The van der Waals surface area contributed by atoms with Crippen molar-refractivity contribution in [1.29, 1.82) is 0 Å². The molecule has 0 atom stereocenters. The fraction of sp³-hybridized carbons (Fsp3) is 0.286. The van der Waals surface area contributed by atoms with E-state index in [-0.39, 0.29) is 6.10 Å². The van der Waals surface area contributed by atoms with Crippen molar-refractivity contribution in [3.05, 3.63) is 54.7 Å². The first-order valence-electron chi connectivity index (χ1n) is 8.86. The Kier molecular flexibility index (Phi) is 4.28. The Morgan fingerprint density at radius 2 is 1.68 bits per heavy atom. The topological polar surface area (TPSA) is 74.2 Å². The molecule has 25 heavy (non-hydrogen) atoms. The molecule has 128 valence electrons. The Labute approximate surface area is 147 Å². The number of anilines is 1. The van der Waals surface area contributed by atoms with Crippen LogP contribution in [-0.2, 0) is 0 Å². The molecule has 4 rings (SSSR count). The van der Waals surface area contributed by atoms with Crippen molar-refractivity contribution in [3.63, 3.8) is 0 Å². The molecule has 2 aromatic carbocycles. The summed E-state index contributed by atoms with van der Waals surface area (Å²) in [7, 11) is 0. The summed E-state index contributed by atoms with van der Waals surface area (Å²) in [4.78, 5) is 4.36. The molecule has 1 aliphatic rings. The molecule has 1 aromatic heterocycles. The van der Waals surface area contributed by atoms with Gasteiger partial charge in [-0.05, 0) is 54.8 Å². The van der Waals surface area contributed by atoms with Gasteiger partial charge in [-0.1, -0.05) is 30.3 Å². The number of ether oxygens (including phenoxy) is 1. The zero-order valence-electron chi connectivity index (χ0n) is 14.2. The van der Waals surface area contributed by atoms with Crippen molar-refractivity contribution >= 4 is 16.6 Å². The van der Waals surface area contributed by atoms with Crippen LogP contribution < -0.4 is 16.2 Å². The van der Waals surface area contributed by atoms with Crippen LogP contribution in [0.4, 0.5) is 5.82 Å². The molecule has 0 unspecified atom stereocenters. The second kappa shape index (κ2) is 6.73. The van der Waals surface area contributed by atoms with Crippen molar-refractivity contribution in [1.82, 2.24) is 4.98 Å². The lowest BCUT2D eigenvalue weighted by atomic mass is 9.93. The molecule has 0 saturated heterocycles. The third-order valence-electron chi connectivity index (χ3n) is 5.00. The van der Waals surface area contributed by atoms with Crippen molar-refractivity contribution in [2.24, 2.45) is 5.73 Å². The molecule has 4 N–H and O–H groups in total. The highest BCUT2D eigenvalue weighted by molar-refractivity contribution is 6.01. The van der Waals surface area contributed by atoms with Gasteiger partial charge in [-0.3, -0.25) is 0 Å². The first kappa shape index (κ1) is 15.9. The van der Waals surface area contributed by atoms with Crippen LogP contribution in [-0.4, -0.2) is 17.1 Å². The van der Waals surface area contributed by atoms with Crippen molar-refractivity contribution in [2.75, 3.05) is 5.73 Å². The van der Waals surface area contributed by atoms with E-state index in [0.29, 0.717) is 11.9 Å². The average molecular weight is 333 g/mol. The molecule has 3 aromatic rings. The highest BCUT2D eigenvalue weighted by atomic mass is 16.5. The standard InChI is InChI=1S/C21H23N3O/c22-15-6-8-16(9-7-15)25-17-10-11-18-19(12-17)20(13-24-21(18)23)14-4-2-1-3-5-14/h1-5,10-13,15-16H,6-9,22H2,(H2,23,24). The van der Waals surface area contributed by atoms with E-state index in [0.717, 1.165) is 53.3 Å². The summed E-state index contributed by atoms with van der Waals surface area (Å²) in [6, 6.07) is 16.7. The third kappa shape index (κ3) is 3.30. The number of benzene rings is 2. The average Bonchev–Trinajstić information content (AvgIpc) is 2.65. The van der Waals surface area contributed by atoms with Crippen molar-refractivity contribution < 1.29 is 4.74 Å². The van der Waals surface area contributed by atoms with Gasteiger partial charge in [0, 0.05) is 23.2 Å². The largest absolute Gasteiger partial charge is 0.490 e. The molecule has 0 aliphatic heterocycles. The second-order valence-electron chi connectivity index (χ2n) is 6.79. The number of nitrogen functional groups attached to an aromatic ring is 1. The van der Waals surface area contributed by atoms with E-state index in [9.17, 15) is 0 Å². The van der Waals surface area contributed by atoms with E-state index in [2.05, 4.69) is 23.2 Å². The minimum Gasteiger partial charge on any atom is -0.490 e. The molecule has 1 aliphatic carbocycles. The van der Waals surface area contributed by atoms with Gasteiger partial charge in [0.05, 0.1) is 6.10 Å². The van der Waals surface area contributed by atoms with Crippen LogP contribution in [0, 0.1) is 0 Å². The van der Waals surface area contributed by atoms with Crippen LogP contribution in [0.5, 0.6) is 5.75 Å². The fourth-order valence-corrected chi connectivity index (χ4v) is 3.56. The molecule has 1 heterocycles. The smallest absolute Gasteiger partial charge is 0.131 e. The monoisotopic (exact) mass is 333 g/mol. The molecule has 4 nitrogen and oxygen atoms in total. The van der Waals surface area contributed by atoms with Gasteiger partial charge < -0.3 is 16.2 Å². The summed E-state index contributed by atoms with van der Waals surface area (Å²) in [5, 5.41) is 2.03. The summed E-state index contributed by atoms with van der Waals surface area (Å²) in [6.45, 7) is 0. The van der Waals surface area contributed by atoms with Gasteiger partial charge in [-0.25, -0.2) is 4.98 Å². The molecule has 1 fully saturated rings. The van der Waals surface area contributed by atoms with E-state index >= 15 is 0 Å². The molecule has 0 bridgehead atoms. The molecular formula is C21H23N3O. The SMILES string of the molecule is Nc1ncc(-c2ccccc2)c2cc(OC3CCC(N)CC3)ccc12. The zero-order chi connectivity index (χ0) is 17.2. The number of hydrogen-bond acceptors (Lipinski definition) is 4. The first-order valence-corrected chi connectivity index (χ1v) is 8.86. The number of rotatable bonds is 3. The number of aromatic nitrogens is 1.